The average molecular weight is 362 g/mol. The first-order valence-electron chi connectivity index (χ1n) is 9.23. The molecule has 1 heterocycles. The van der Waals surface area contributed by atoms with E-state index in [0.717, 1.165) is 24.5 Å². The molecule has 132 valence electrons. The average Bonchev–Trinajstić information content (AvgIpc) is 2.68. The number of aryl methyl sites for hydroxylation is 1. The Labute approximate surface area is 161 Å². The van der Waals surface area contributed by atoms with Crippen LogP contribution in [0.3, 0.4) is 0 Å². The van der Waals surface area contributed by atoms with E-state index in [9.17, 15) is 0 Å². The Bertz CT molecular complexity index is 863. The van der Waals surface area contributed by atoms with Gasteiger partial charge in [-0.2, -0.15) is 0 Å². The smallest absolute Gasteiger partial charge is 0.0689 e. The Hall–Kier alpha value is -2.09. The molecule has 0 saturated carbocycles. The summed E-state index contributed by atoms with van der Waals surface area (Å²) < 4.78 is 0. The van der Waals surface area contributed by atoms with Gasteiger partial charge in [0.1, 0.15) is 0 Å². The van der Waals surface area contributed by atoms with E-state index in [2.05, 4.69) is 91.5 Å². The van der Waals surface area contributed by atoms with E-state index in [1.165, 1.54) is 27.8 Å². The molecule has 0 amide bonds. The van der Waals surface area contributed by atoms with Gasteiger partial charge in [-0.25, -0.2) is 0 Å². The van der Waals surface area contributed by atoms with Crippen molar-refractivity contribution in [1.29, 1.82) is 0 Å². The van der Waals surface area contributed by atoms with Crippen LogP contribution in [-0.4, -0.2) is 11.4 Å². The van der Waals surface area contributed by atoms with E-state index in [1.807, 2.05) is 0 Å². The van der Waals surface area contributed by atoms with E-state index < -0.39 is 0 Å². The molecule has 1 nitrogen and oxygen atoms in total. The van der Waals surface area contributed by atoms with Crippen LogP contribution in [0.25, 0.3) is 0 Å². The molecule has 1 aliphatic rings. The molecule has 26 heavy (non-hydrogen) atoms. The molecule has 0 bridgehead atoms. The van der Waals surface area contributed by atoms with Crippen molar-refractivity contribution in [3.05, 3.63) is 106 Å². The van der Waals surface area contributed by atoms with Crippen molar-refractivity contribution in [2.45, 2.75) is 32.4 Å². The SMILES string of the molecule is Cc1cc(Cl)cc2c1CCN(C(C)(c1ccccc1)c1ccccc1)C2. The van der Waals surface area contributed by atoms with Crippen LogP contribution in [-0.2, 0) is 18.5 Å². The molecule has 4 rings (SSSR count). The molecule has 0 spiro atoms. The first-order chi connectivity index (χ1) is 12.6. The Morgan fingerprint density at radius 1 is 0.885 bits per heavy atom. The van der Waals surface area contributed by atoms with Gasteiger partial charge in [0.15, 0.2) is 0 Å². The number of benzene rings is 3. The maximum atomic E-state index is 6.36. The summed E-state index contributed by atoms with van der Waals surface area (Å²) in [4.78, 5) is 2.59. The molecule has 0 aromatic heterocycles. The van der Waals surface area contributed by atoms with Crippen molar-refractivity contribution in [3.8, 4) is 0 Å². The molecule has 3 aromatic carbocycles. The lowest BCUT2D eigenvalue weighted by molar-refractivity contribution is 0.121. The van der Waals surface area contributed by atoms with Crippen LogP contribution in [0.4, 0.5) is 0 Å². The lowest BCUT2D eigenvalue weighted by Crippen LogP contribution is -2.47. The summed E-state index contributed by atoms with van der Waals surface area (Å²) in [5.41, 5.74) is 6.62. The summed E-state index contributed by atoms with van der Waals surface area (Å²) in [6.45, 7) is 6.47. The lowest BCUT2D eigenvalue weighted by Gasteiger charge is -2.45. The molecule has 0 N–H and O–H groups in total. The topological polar surface area (TPSA) is 3.24 Å². The van der Waals surface area contributed by atoms with Gasteiger partial charge in [0, 0.05) is 18.1 Å². The van der Waals surface area contributed by atoms with Crippen LogP contribution < -0.4 is 0 Å². The predicted molar refractivity (Wildman–Crippen MR) is 110 cm³/mol. The van der Waals surface area contributed by atoms with Crippen molar-refractivity contribution in [1.82, 2.24) is 4.90 Å². The predicted octanol–water partition coefficient (Wildman–Crippen LogP) is 5.97. The number of nitrogens with zero attached hydrogens (tertiary/aromatic N) is 1. The van der Waals surface area contributed by atoms with Crippen molar-refractivity contribution < 1.29 is 0 Å². The third-order valence-electron chi connectivity index (χ3n) is 5.83. The van der Waals surface area contributed by atoms with Crippen LogP contribution in [0.15, 0.2) is 72.8 Å². The summed E-state index contributed by atoms with van der Waals surface area (Å²) in [5, 5.41) is 0.837. The number of hydrogen-bond donors (Lipinski definition) is 0. The molecule has 3 aromatic rings. The van der Waals surface area contributed by atoms with Crippen molar-refractivity contribution in [3.63, 3.8) is 0 Å². The minimum atomic E-state index is -0.170. The zero-order valence-electron chi connectivity index (χ0n) is 15.4. The second kappa shape index (κ2) is 6.90. The van der Waals surface area contributed by atoms with Crippen molar-refractivity contribution >= 4 is 11.6 Å². The second-order valence-electron chi connectivity index (χ2n) is 7.34. The van der Waals surface area contributed by atoms with Crippen LogP contribution in [0.5, 0.6) is 0 Å². The summed E-state index contributed by atoms with van der Waals surface area (Å²) >= 11 is 6.36. The number of hydrogen-bond acceptors (Lipinski definition) is 1. The first kappa shape index (κ1) is 17.3. The largest absolute Gasteiger partial charge is 0.285 e. The third-order valence-corrected chi connectivity index (χ3v) is 6.05. The van der Waals surface area contributed by atoms with Crippen LogP contribution in [0.1, 0.15) is 34.7 Å². The Morgan fingerprint density at radius 2 is 1.46 bits per heavy atom. The monoisotopic (exact) mass is 361 g/mol. The second-order valence-corrected chi connectivity index (χ2v) is 7.77. The van der Waals surface area contributed by atoms with Gasteiger partial charge in [0.05, 0.1) is 5.54 Å². The number of rotatable bonds is 3. The summed E-state index contributed by atoms with van der Waals surface area (Å²) in [5.74, 6) is 0. The van der Waals surface area contributed by atoms with Crippen LogP contribution >= 0.6 is 11.6 Å². The minimum Gasteiger partial charge on any atom is -0.285 e. The van der Waals surface area contributed by atoms with E-state index in [4.69, 9.17) is 11.6 Å². The fourth-order valence-electron chi connectivity index (χ4n) is 4.31. The van der Waals surface area contributed by atoms with Crippen LogP contribution in [0.2, 0.25) is 5.02 Å². The highest BCUT2D eigenvalue weighted by atomic mass is 35.5. The van der Waals surface area contributed by atoms with Crippen LogP contribution in [0, 0.1) is 6.92 Å². The van der Waals surface area contributed by atoms with E-state index in [-0.39, 0.29) is 5.54 Å². The van der Waals surface area contributed by atoms with Gasteiger partial charge in [-0.1, -0.05) is 72.3 Å². The van der Waals surface area contributed by atoms with E-state index >= 15 is 0 Å². The Balaban J connectivity index is 1.81. The molecule has 1 aliphatic heterocycles. The molecule has 0 fully saturated rings. The molecular formula is C24H24ClN. The molecule has 0 aliphatic carbocycles. The molecule has 2 heteroatoms. The van der Waals surface area contributed by atoms with Gasteiger partial charge in [0.2, 0.25) is 0 Å². The first-order valence-corrected chi connectivity index (χ1v) is 9.61. The van der Waals surface area contributed by atoms with Crippen molar-refractivity contribution in [2.75, 3.05) is 6.54 Å². The molecule has 0 atom stereocenters. The quantitative estimate of drug-likeness (QED) is 0.555. The van der Waals surface area contributed by atoms with Gasteiger partial charge in [-0.05, 0) is 60.2 Å². The Kier molecular flexibility index (Phi) is 4.60. The Morgan fingerprint density at radius 3 is 2.04 bits per heavy atom. The molecular weight excluding hydrogens is 338 g/mol. The highest BCUT2D eigenvalue weighted by molar-refractivity contribution is 6.30. The third kappa shape index (κ3) is 2.96. The van der Waals surface area contributed by atoms with Crippen molar-refractivity contribution in [2.24, 2.45) is 0 Å². The fourth-order valence-corrected chi connectivity index (χ4v) is 4.61. The molecule has 0 unspecified atom stereocenters. The summed E-state index contributed by atoms with van der Waals surface area (Å²) in [6, 6.07) is 25.9. The normalized spacial score (nSPS) is 14.9. The number of halogens is 1. The van der Waals surface area contributed by atoms with Gasteiger partial charge in [-0.3, -0.25) is 4.90 Å². The van der Waals surface area contributed by atoms with Gasteiger partial charge in [-0.15, -0.1) is 0 Å². The standard InChI is InChI=1S/C24H24ClN/c1-18-15-22(25)16-19-17-26(14-13-23(18)19)24(2,20-9-5-3-6-10-20)21-11-7-4-8-12-21/h3-12,15-16H,13-14,17H2,1-2H3. The maximum absolute atomic E-state index is 6.36. The molecule has 0 radical (unpaired) electrons. The fraction of sp³-hybridized carbons (Fsp3) is 0.250. The zero-order chi connectivity index (χ0) is 18.1. The number of fused-ring (bicyclic) bond motifs is 1. The summed E-state index contributed by atoms with van der Waals surface area (Å²) in [7, 11) is 0. The minimum absolute atomic E-state index is 0.170. The molecule has 0 saturated heterocycles. The van der Waals surface area contributed by atoms with E-state index in [0.29, 0.717) is 0 Å². The van der Waals surface area contributed by atoms with Gasteiger partial charge >= 0.3 is 0 Å². The van der Waals surface area contributed by atoms with Gasteiger partial charge < -0.3 is 0 Å². The lowest BCUT2D eigenvalue weighted by atomic mass is 9.81. The summed E-state index contributed by atoms with van der Waals surface area (Å²) in [6.07, 6.45) is 1.06. The maximum Gasteiger partial charge on any atom is 0.0689 e. The highest BCUT2D eigenvalue weighted by Crippen LogP contribution is 2.39. The highest BCUT2D eigenvalue weighted by Gasteiger charge is 2.37. The zero-order valence-corrected chi connectivity index (χ0v) is 16.1. The van der Waals surface area contributed by atoms with Gasteiger partial charge in [0.25, 0.3) is 0 Å². The van der Waals surface area contributed by atoms with E-state index in [1.54, 1.807) is 0 Å².